The standard InChI is InChI=1S/C19H18N4O3/c1-24-15-5-2-13(3-6-15)21-18-8-9-20-19(23-18)22-14-4-7-16-17(12-14)26-11-10-25-16/h2-9,12H,10-11H2,1H3,(H2,20,21,22,23). The Morgan fingerprint density at radius 2 is 1.65 bits per heavy atom. The van der Waals surface area contributed by atoms with Crippen molar-refractivity contribution in [2.24, 2.45) is 0 Å². The van der Waals surface area contributed by atoms with Crippen LogP contribution in [-0.2, 0) is 0 Å². The summed E-state index contributed by atoms with van der Waals surface area (Å²) < 4.78 is 16.3. The van der Waals surface area contributed by atoms with Gasteiger partial charge < -0.3 is 24.8 Å². The molecule has 1 aromatic heterocycles. The molecule has 7 heteroatoms. The number of aromatic nitrogens is 2. The highest BCUT2D eigenvalue weighted by Gasteiger charge is 2.12. The second kappa shape index (κ2) is 7.18. The molecule has 0 saturated carbocycles. The van der Waals surface area contributed by atoms with E-state index in [4.69, 9.17) is 14.2 Å². The molecule has 0 amide bonds. The number of hydrogen-bond acceptors (Lipinski definition) is 7. The molecule has 7 nitrogen and oxygen atoms in total. The molecule has 1 aliphatic heterocycles. The number of benzene rings is 2. The molecule has 2 N–H and O–H groups in total. The lowest BCUT2D eigenvalue weighted by atomic mass is 10.2. The third-order valence-electron chi connectivity index (χ3n) is 3.82. The largest absolute Gasteiger partial charge is 0.497 e. The first kappa shape index (κ1) is 16.0. The molecule has 0 fully saturated rings. The van der Waals surface area contributed by atoms with Gasteiger partial charge in [-0.1, -0.05) is 0 Å². The van der Waals surface area contributed by atoms with Gasteiger partial charge in [-0.25, -0.2) is 4.98 Å². The number of rotatable bonds is 5. The number of hydrogen-bond donors (Lipinski definition) is 2. The van der Waals surface area contributed by atoms with Gasteiger partial charge in [0.1, 0.15) is 24.8 Å². The third-order valence-corrected chi connectivity index (χ3v) is 3.82. The Hall–Kier alpha value is -3.48. The van der Waals surface area contributed by atoms with Gasteiger partial charge in [0, 0.05) is 23.6 Å². The van der Waals surface area contributed by atoms with Crippen molar-refractivity contribution in [3.05, 3.63) is 54.7 Å². The Morgan fingerprint density at radius 1 is 0.885 bits per heavy atom. The number of methoxy groups -OCH3 is 1. The summed E-state index contributed by atoms with van der Waals surface area (Å²) in [6.45, 7) is 1.12. The highest BCUT2D eigenvalue weighted by atomic mass is 16.6. The van der Waals surface area contributed by atoms with Crippen molar-refractivity contribution >= 4 is 23.1 Å². The Kier molecular flexibility index (Phi) is 4.42. The summed E-state index contributed by atoms with van der Waals surface area (Å²) in [5.74, 6) is 3.44. The van der Waals surface area contributed by atoms with Gasteiger partial charge in [-0.15, -0.1) is 0 Å². The maximum absolute atomic E-state index is 5.60. The Balaban J connectivity index is 1.48. The number of ether oxygens (including phenoxy) is 3. The molecule has 0 saturated heterocycles. The SMILES string of the molecule is COc1ccc(Nc2ccnc(Nc3ccc4c(c3)OCCO4)n2)cc1. The predicted octanol–water partition coefficient (Wildman–Crippen LogP) is 3.74. The van der Waals surface area contributed by atoms with Gasteiger partial charge >= 0.3 is 0 Å². The van der Waals surface area contributed by atoms with Crippen molar-refractivity contribution in [3.63, 3.8) is 0 Å². The van der Waals surface area contributed by atoms with E-state index in [0.29, 0.717) is 30.7 Å². The summed E-state index contributed by atoms with van der Waals surface area (Å²) in [4.78, 5) is 8.74. The lowest BCUT2D eigenvalue weighted by Crippen LogP contribution is -2.15. The summed E-state index contributed by atoms with van der Waals surface area (Å²) in [7, 11) is 1.64. The van der Waals surface area contributed by atoms with Crippen molar-refractivity contribution in [2.45, 2.75) is 0 Å². The third kappa shape index (κ3) is 3.61. The molecular weight excluding hydrogens is 332 g/mol. The minimum atomic E-state index is 0.486. The van der Waals surface area contributed by atoms with Gasteiger partial charge in [0.05, 0.1) is 7.11 Å². The molecule has 26 heavy (non-hydrogen) atoms. The minimum Gasteiger partial charge on any atom is -0.497 e. The van der Waals surface area contributed by atoms with Crippen LogP contribution in [0.1, 0.15) is 0 Å². The first-order valence-corrected chi connectivity index (χ1v) is 8.21. The Morgan fingerprint density at radius 3 is 2.46 bits per heavy atom. The van der Waals surface area contributed by atoms with Crippen LogP contribution in [0.5, 0.6) is 17.2 Å². The molecule has 4 rings (SSSR count). The summed E-state index contributed by atoms with van der Waals surface area (Å²) in [5, 5.41) is 6.42. The monoisotopic (exact) mass is 350 g/mol. The van der Waals surface area contributed by atoms with Crippen molar-refractivity contribution in [1.82, 2.24) is 9.97 Å². The summed E-state index contributed by atoms with van der Waals surface area (Å²) in [6.07, 6.45) is 1.69. The predicted molar refractivity (Wildman–Crippen MR) is 99.0 cm³/mol. The molecule has 0 bridgehead atoms. The van der Waals surface area contributed by atoms with Crippen LogP contribution in [0, 0.1) is 0 Å². The molecule has 3 aromatic rings. The molecule has 0 radical (unpaired) electrons. The fourth-order valence-corrected chi connectivity index (χ4v) is 2.56. The summed E-state index contributed by atoms with van der Waals surface area (Å²) in [5.41, 5.74) is 1.74. The van der Waals surface area contributed by atoms with E-state index in [9.17, 15) is 0 Å². The zero-order valence-corrected chi connectivity index (χ0v) is 14.2. The number of fused-ring (bicyclic) bond motifs is 1. The molecular formula is C19H18N4O3. The molecule has 132 valence electrons. The lowest BCUT2D eigenvalue weighted by Gasteiger charge is -2.19. The maximum atomic E-state index is 5.60. The zero-order chi connectivity index (χ0) is 17.8. The Labute approximate surface area is 151 Å². The van der Waals surface area contributed by atoms with Crippen LogP contribution < -0.4 is 24.8 Å². The van der Waals surface area contributed by atoms with Gasteiger partial charge in [-0.05, 0) is 42.5 Å². The van der Waals surface area contributed by atoms with Crippen LogP contribution in [0.3, 0.4) is 0 Å². The number of nitrogens with zero attached hydrogens (tertiary/aromatic N) is 2. The highest BCUT2D eigenvalue weighted by molar-refractivity contribution is 5.62. The van der Waals surface area contributed by atoms with E-state index in [1.54, 1.807) is 19.4 Å². The van der Waals surface area contributed by atoms with Gasteiger partial charge in [0.15, 0.2) is 11.5 Å². The van der Waals surface area contributed by atoms with E-state index in [1.165, 1.54) is 0 Å². The van der Waals surface area contributed by atoms with Crippen LogP contribution in [0.4, 0.5) is 23.1 Å². The van der Waals surface area contributed by atoms with Crippen LogP contribution in [0.15, 0.2) is 54.7 Å². The van der Waals surface area contributed by atoms with Crippen molar-refractivity contribution in [3.8, 4) is 17.2 Å². The van der Waals surface area contributed by atoms with E-state index in [0.717, 1.165) is 22.9 Å². The first-order valence-electron chi connectivity index (χ1n) is 8.21. The fourth-order valence-electron chi connectivity index (χ4n) is 2.56. The maximum Gasteiger partial charge on any atom is 0.229 e. The van der Waals surface area contributed by atoms with Crippen molar-refractivity contribution < 1.29 is 14.2 Å². The highest BCUT2D eigenvalue weighted by Crippen LogP contribution is 2.33. The number of anilines is 4. The average molecular weight is 350 g/mol. The van der Waals surface area contributed by atoms with Gasteiger partial charge in [-0.3, -0.25) is 0 Å². The first-order chi connectivity index (χ1) is 12.8. The molecule has 2 aromatic carbocycles. The molecule has 2 heterocycles. The van der Waals surface area contributed by atoms with Crippen LogP contribution in [0.2, 0.25) is 0 Å². The van der Waals surface area contributed by atoms with Crippen molar-refractivity contribution in [1.29, 1.82) is 0 Å². The molecule has 0 unspecified atom stereocenters. The van der Waals surface area contributed by atoms with Crippen molar-refractivity contribution in [2.75, 3.05) is 31.0 Å². The average Bonchev–Trinajstić information content (AvgIpc) is 2.69. The molecule has 0 aliphatic carbocycles. The minimum absolute atomic E-state index is 0.486. The normalized spacial score (nSPS) is 12.3. The van der Waals surface area contributed by atoms with Crippen LogP contribution in [-0.4, -0.2) is 30.3 Å². The summed E-state index contributed by atoms with van der Waals surface area (Å²) in [6, 6.07) is 15.1. The van der Waals surface area contributed by atoms with E-state index < -0.39 is 0 Å². The lowest BCUT2D eigenvalue weighted by molar-refractivity contribution is 0.171. The topological polar surface area (TPSA) is 77.5 Å². The van der Waals surface area contributed by atoms with Crippen LogP contribution in [0.25, 0.3) is 0 Å². The number of nitrogens with one attached hydrogen (secondary N) is 2. The van der Waals surface area contributed by atoms with Gasteiger partial charge in [-0.2, -0.15) is 4.98 Å². The van der Waals surface area contributed by atoms with Gasteiger partial charge in [0.2, 0.25) is 5.95 Å². The van der Waals surface area contributed by atoms with Gasteiger partial charge in [0.25, 0.3) is 0 Å². The van der Waals surface area contributed by atoms with Crippen LogP contribution >= 0.6 is 0 Å². The zero-order valence-electron chi connectivity index (χ0n) is 14.2. The molecule has 0 atom stereocenters. The van der Waals surface area contributed by atoms with E-state index in [2.05, 4.69) is 20.6 Å². The molecule has 1 aliphatic rings. The Bertz CT molecular complexity index is 900. The molecule has 0 spiro atoms. The van der Waals surface area contributed by atoms with E-state index >= 15 is 0 Å². The van der Waals surface area contributed by atoms with E-state index in [1.807, 2.05) is 42.5 Å². The van der Waals surface area contributed by atoms with E-state index in [-0.39, 0.29) is 0 Å². The summed E-state index contributed by atoms with van der Waals surface area (Å²) >= 11 is 0. The fraction of sp³-hybridized carbons (Fsp3) is 0.158. The second-order valence-electron chi connectivity index (χ2n) is 5.60. The second-order valence-corrected chi connectivity index (χ2v) is 5.60. The smallest absolute Gasteiger partial charge is 0.229 e. The quantitative estimate of drug-likeness (QED) is 0.726.